The lowest BCUT2D eigenvalue weighted by atomic mass is 9.98. The van der Waals surface area contributed by atoms with Gasteiger partial charge in [0.15, 0.2) is 5.16 Å². The fourth-order valence-corrected chi connectivity index (χ4v) is 4.08. The fraction of sp³-hybridized carbons (Fsp3) is 0.348. The summed E-state index contributed by atoms with van der Waals surface area (Å²) < 4.78 is 1.62. The van der Waals surface area contributed by atoms with Crippen LogP contribution in [-0.4, -0.2) is 27.3 Å². The minimum atomic E-state index is -0.114. The molecule has 5 nitrogen and oxygen atoms in total. The van der Waals surface area contributed by atoms with Crippen LogP contribution in [0.5, 0.6) is 0 Å². The Kier molecular flexibility index (Phi) is 5.72. The first-order valence-electron chi connectivity index (χ1n) is 10.1. The van der Waals surface area contributed by atoms with E-state index in [0.717, 1.165) is 24.9 Å². The van der Waals surface area contributed by atoms with Crippen molar-refractivity contribution < 1.29 is 4.79 Å². The van der Waals surface area contributed by atoms with E-state index in [4.69, 9.17) is 4.98 Å². The van der Waals surface area contributed by atoms with E-state index >= 15 is 0 Å². The second kappa shape index (κ2) is 8.41. The Hall–Kier alpha value is -2.60. The van der Waals surface area contributed by atoms with Gasteiger partial charge in [0.05, 0.1) is 22.3 Å². The highest BCUT2D eigenvalue weighted by atomic mass is 32.2. The Morgan fingerprint density at radius 3 is 2.62 bits per heavy atom. The van der Waals surface area contributed by atoms with Gasteiger partial charge in [-0.15, -0.1) is 0 Å². The predicted octanol–water partition coefficient (Wildman–Crippen LogP) is 4.27. The monoisotopic (exact) mass is 407 g/mol. The van der Waals surface area contributed by atoms with Gasteiger partial charge >= 0.3 is 0 Å². The Labute approximate surface area is 174 Å². The van der Waals surface area contributed by atoms with Gasteiger partial charge in [-0.25, -0.2) is 4.98 Å². The highest BCUT2D eigenvalue weighted by Crippen LogP contribution is 2.24. The lowest BCUT2D eigenvalue weighted by molar-refractivity contribution is -0.118. The van der Waals surface area contributed by atoms with E-state index in [2.05, 4.69) is 31.3 Å². The van der Waals surface area contributed by atoms with Crippen molar-refractivity contribution in [2.75, 3.05) is 5.75 Å². The lowest BCUT2D eigenvalue weighted by Crippen LogP contribution is -2.28. The summed E-state index contributed by atoms with van der Waals surface area (Å²) in [5.74, 6) is 0.695. The van der Waals surface area contributed by atoms with Crippen LogP contribution in [0.1, 0.15) is 44.6 Å². The summed E-state index contributed by atoms with van der Waals surface area (Å²) in [5.41, 5.74) is 2.55. The van der Waals surface area contributed by atoms with Crippen molar-refractivity contribution in [3.63, 3.8) is 0 Å². The minimum Gasteiger partial charge on any atom is -0.353 e. The number of nitrogens with one attached hydrogen (secondary N) is 1. The third-order valence-electron chi connectivity index (χ3n) is 5.35. The Morgan fingerprint density at radius 2 is 1.93 bits per heavy atom. The third-order valence-corrected chi connectivity index (χ3v) is 6.29. The van der Waals surface area contributed by atoms with Crippen LogP contribution in [0.2, 0.25) is 0 Å². The van der Waals surface area contributed by atoms with Gasteiger partial charge in [0.1, 0.15) is 0 Å². The molecule has 0 radical (unpaired) electrons. The number of nitrogens with zero attached hydrogens (tertiary/aromatic N) is 2. The molecule has 1 N–H and O–H groups in total. The van der Waals surface area contributed by atoms with Crippen LogP contribution in [0.3, 0.4) is 0 Å². The molecule has 1 atom stereocenters. The average Bonchev–Trinajstić information content (AvgIpc) is 3.56. The van der Waals surface area contributed by atoms with Gasteiger partial charge in [0.25, 0.3) is 5.56 Å². The van der Waals surface area contributed by atoms with E-state index in [1.54, 1.807) is 10.6 Å². The predicted molar refractivity (Wildman–Crippen MR) is 118 cm³/mol. The van der Waals surface area contributed by atoms with E-state index in [1.165, 1.54) is 17.3 Å². The third kappa shape index (κ3) is 4.37. The fourth-order valence-electron chi connectivity index (χ4n) is 3.25. The Morgan fingerprint density at radius 1 is 1.21 bits per heavy atom. The molecular formula is C23H25N3O2S. The standard InChI is InChI=1S/C23H25N3O2S/c1-3-15(2)16-8-12-18(13-9-16)26-22(28)19-6-4-5-7-20(19)25-23(26)29-14-21(27)24-17-10-11-17/h4-9,12-13,15,17H,3,10-11,14H2,1-2H3,(H,24,27)/t15-/m1/s1. The molecule has 1 aromatic heterocycles. The Balaban J connectivity index is 1.72. The number of thioether (sulfide) groups is 1. The second-order valence-electron chi connectivity index (χ2n) is 7.58. The highest BCUT2D eigenvalue weighted by molar-refractivity contribution is 7.99. The molecule has 0 bridgehead atoms. The summed E-state index contributed by atoms with van der Waals surface area (Å²) in [6, 6.07) is 15.7. The highest BCUT2D eigenvalue weighted by Gasteiger charge is 2.23. The minimum absolute atomic E-state index is 0.0152. The van der Waals surface area contributed by atoms with Crippen molar-refractivity contribution in [2.45, 2.75) is 50.2 Å². The van der Waals surface area contributed by atoms with Crippen LogP contribution in [0.4, 0.5) is 0 Å². The van der Waals surface area contributed by atoms with E-state index in [1.807, 2.05) is 30.3 Å². The van der Waals surface area contributed by atoms with Gasteiger partial charge in [0.2, 0.25) is 5.91 Å². The molecule has 0 spiro atoms. The quantitative estimate of drug-likeness (QED) is 0.469. The molecule has 2 aromatic carbocycles. The molecule has 1 saturated carbocycles. The van der Waals surface area contributed by atoms with Crippen molar-refractivity contribution in [1.29, 1.82) is 0 Å². The van der Waals surface area contributed by atoms with Crippen molar-refractivity contribution in [3.8, 4) is 5.69 Å². The summed E-state index contributed by atoms with van der Waals surface area (Å²) in [5, 5.41) is 4.10. The Bertz CT molecular complexity index is 1090. The molecular weight excluding hydrogens is 382 g/mol. The molecule has 1 aliphatic carbocycles. The van der Waals surface area contributed by atoms with Crippen molar-refractivity contribution in [2.24, 2.45) is 0 Å². The SMILES string of the molecule is CC[C@@H](C)c1ccc(-n2c(SCC(=O)NC3CC3)nc3ccccc3c2=O)cc1. The number of amides is 1. The zero-order valence-corrected chi connectivity index (χ0v) is 17.5. The molecule has 0 saturated heterocycles. The van der Waals surface area contributed by atoms with E-state index in [9.17, 15) is 9.59 Å². The number of fused-ring (bicyclic) bond motifs is 1. The lowest BCUT2D eigenvalue weighted by Gasteiger charge is -2.15. The topological polar surface area (TPSA) is 64.0 Å². The summed E-state index contributed by atoms with van der Waals surface area (Å²) in [6.45, 7) is 4.36. The van der Waals surface area contributed by atoms with Gasteiger partial charge in [-0.3, -0.25) is 14.2 Å². The van der Waals surface area contributed by atoms with Gasteiger partial charge < -0.3 is 5.32 Å². The van der Waals surface area contributed by atoms with Crippen molar-refractivity contribution >= 4 is 28.6 Å². The number of para-hydroxylation sites is 1. The summed E-state index contributed by atoms with van der Waals surface area (Å²) in [7, 11) is 0. The molecule has 1 heterocycles. The normalized spacial score (nSPS) is 14.7. The largest absolute Gasteiger partial charge is 0.353 e. The van der Waals surface area contributed by atoms with Gasteiger partial charge in [-0.05, 0) is 55.0 Å². The number of hydrogen-bond acceptors (Lipinski definition) is 4. The van der Waals surface area contributed by atoms with E-state index in [0.29, 0.717) is 28.0 Å². The first-order valence-corrected chi connectivity index (χ1v) is 11.1. The maximum atomic E-state index is 13.3. The van der Waals surface area contributed by atoms with E-state index < -0.39 is 0 Å². The number of hydrogen-bond donors (Lipinski definition) is 1. The first kappa shape index (κ1) is 19.7. The van der Waals surface area contributed by atoms with Gasteiger partial charge in [0, 0.05) is 6.04 Å². The smallest absolute Gasteiger partial charge is 0.266 e. The summed E-state index contributed by atoms with van der Waals surface area (Å²) in [4.78, 5) is 30.1. The van der Waals surface area contributed by atoms with Gasteiger partial charge in [-0.2, -0.15) is 0 Å². The molecule has 3 aromatic rings. The molecule has 0 aliphatic heterocycles. The van der Waals surface area contributed by atoms with Crippen LogP contribution in [0, 0.1) is 0 Å². The number of carbonyl (C=O) groups excluding carboxylic acids is 1. The molecule has 150 valence electrons. The number of aromatic nitrogens is 2. The molecule has 0 unspecified atom stereocenters. The van der Waals surface area contributed by atoms with Crippen LogP contribution >= 0.6 is 11.8 Å². The zero-order valence-electron chi connectivity index (χ0n) is 16.7. The first-order chi connectivity index (χ1) is 14.1. The average molecular weight is 408 g/mol. The molecule has 4 rings (SSSR count). The van der Waals surface area contributed by atoms with Crippen LogP contribution < -0.4 is 10.9 Å². The number of carbonyl (C=O) groups is 1. The molecule has 6 heteroatoms. The maximum absolute atomic E-state index is 13.3. The molecule has 1 fully saturated rings. The maximum Gasteiger partial charge on any atom is 0.266 e. The van der Waals surface area contributed by atoms with Crippen molar-refractivity contribution in [1.82, 2.24) is 14.9 Å². The molecule has 1 aliphatic rings. The van der Waals surface area contributed by atoms with Crippen molar-refractivity contribution in [3.05, 3.63) is 64.4 Å². The summed E-state index contributed by atoms with van der Waals surface area (Å²) >= 11 is 1.30. The second-order valence-corrected chi connectivity index (χ2v) is 8.53. The number of benzene rings is 2. The van der Waals surface area contributed by atoms with E-state index in [-0.39, 0.29) is 17.2 Å². The van der Waals surface area contributed by atoms with Crippen LogP contribution in [0.25, 0.3) is 16.6 Å². The summed E-state index contributed by atoms with van der Waals surface area (Å²) in [6.07, 6.45) is 3.17. The van der Waals surface area contributed by atoms with Crippen LogP contribution in [0.15, 0.2) is 58.5 Å². The van der Waals surface area contributed by atoms with Gasteiger partial charge in [-0.1, -0.05) is 49.9 Å². The van der Waals surface area contributed by atoms with Crippen LogP contribution in [-0.2, 0) is 4.79 Å². The zero-order chi connectivity index (χ0) is 20.4. The molecule has 1 amide bonds. The number of rotatable bonds is 7. The molecule has 29 heavy (non-hydrogen) atoms.